The van der Waals surface area contributed by atoms with Gasteiger partial charge in [-0.2, -0.15) is 13.2 Å². The number of rotatable bonds is 3. The van der Waals surface area contributed by atoms with Crippen LogP contribution in [-0.4, -0.2) is 31.7 Å². The highest BCUT2D eigenvalue weighted by atomic mass is 35.5. The maximum Gasteiger partial charge on any atom is 0.419 e. The SMILES string of the molecule is COC1(C(=O)Nc2ccc(F)c(C(F)(F)F)c2)CCNCC1.Cl. The van der Waals surface area contributed by atoms with Crippen molar-refractivity contribution in [3.63, 3.8) is 0 Å². The van der Waals surface area contributed by atoms with E-state index in [1.165, 1.54) is 7.11 Å². The summed E-state index contributed by atoms with van der Waals surface area (Å²) in [4.78, 5) is 12.3. The van der Waals surface area contributed by atoms with Gasteiger partial charge in [0.15, 0.2) is 0 Å². The van der Waals surface area contributed by atoms with Crippen LogP contribution in [0.25, 0.3) is 0 Å². The number of carbonyl (C=O) groups excluding carboxylic acids is 1. The molecule has 1 aromatic carbocycles. The lowest BCUT2D eigenvalue weighted by molar-refractivity contribution is -0.141. The summed E-state index contributed by atoms with van der Waals surface area (Å²) in [6, 6.07) is 2.35. The second-order valence-corrected chi connectivity index (χ2v) is 5.09. The number of anilines is 1. The molecule has 2 rings (SSSR count). The first-order valence-electron chi connectivity index (χ1n) is 6.72. The van der Waals surface area contributed by atoms with Gasteiger partial charge in [-0.25, -0.2) is 4.39 Å². The van der Waals surface area contributed by atoms with Crippen molar-refractivity contribution in [1.82, 2.24) is 5.32 Å². The van der Waals surface area contributed by atoms with Crippen LogP contribution in [0.3, 0.4) is 0 Å². The lowest BCUT2D eigenvalue weighted by atomic mass is 9.91. The molecule has 0 saturated carbocycles. The van der Waals surface area contributed by atoms with E-state index in [1.807, 2.05) is 0 Å². The van der Waals surface area contributed by atoms with Gasteiger partial charge in [-0.3, -0.25) is 4.79 Å². The number of amides is 1. The van der Waals surface area contributed by atoms with Gasteiger partial charge >= 0.3 is 6.18 Å². The van der Waals surface area contributed by atoms with Crippen molar-refractivity contribution in [3.8, 4) is 0 Å². The van der Waals surface area contributed by atoms with Crippen LogP contribution in [0.1, 0.15) is 18.4 Å². The van der Waals surface area contributed by atoms with E-state index in [0.717, 1.165) is 6.07 Å². The number of methoxy groups -OCH3 is 1. The Labute approximate surface area is 137 Å². The van der Waals surface area contributed by atoms with Crippen molar-refractivity contribution in [2.75, 3.05) is 25.5 Å². The molecule has 0 bridgehead atoms. The van der Waals surface area contributed by atoms with E-state index in [4.69, 9.17) is 4.74 Å². The molecule has 1 amide bonds. The quantitative estimate of drug-likeness (QED) is 0.819. The smallest absolute Gasteiger partial charge is 0.368 e. The molecule has 2 N–H and O–H groups in total. The largest absolute Gasteiger partial charge is 0.419 e. The van der Waals surface area contributed by atoms with E-state index in [9.17, 15) is 22.4 Å². The summed E-state index contributed by atoms with van der Waals surface area (Å²) in [7, 11) is 1.39. The molecule has 0 radical (unpaired) electrons. The van der Waals surface area contributed by atoms with Crippen molar-refractivity contribution in [2.24, 2.45) is 0 Å². The minimum atomic E-state index is -4.82. The first-order valence-corrected chi connectivity index (χ1v) is 6.72. The van der Waals surface area contributed by atoms with Crippen molar-refractivity contribution in [3.05, 3.63) is 29.6 Å². The van der Waals surface area contributed by atoms with E-state index in [0.29, 0.717) is 38.1 Å². The number of halogens is 5. The maximum absolute atomic E-state index is 13.2. The standard InChI is InChI=1S/C14H16F4N2O2.ClH/c1-22-13(4-6-19-7-5-13)12(21)20-9-2-3-11(15)10(8-9)14(16,17)18;/h2-3,8,19H,4-7H2,1H3,(H,20,21);1H. The van der Waals surface area contributed by atoms with E-state index in [1.54, 1.807) is 0 Å². The van der Waals surface area contributed by atoms with Crippen LogP contribution in [0, 0.1) is 5.82 Å². The second kappa shape index (κ2) is 7.46. The molecule has 0 spiro atoms. The van der Waals surface area contributed by atoms with Crippen molar-refractivity contribution >= 4 is 24.0 Å². The molecule has 9 heteroatoms. The Morgan fingerprint density at radius 2 is 1.91 bits per heavy atom. The molecule has 4 nitrogen and oxygen atoms in total. The Morgan fingerprint density at radius 1 is 1.30 bits per heavy atom. The van der Waals surface area contributed by atoms with Crippen molar-refractivity contribution in [2.45, 2.75) is 24.6 Å². The molecule has 1 aliphatic heterocycles. The van der Waals surface area contributed by atoms with Crippen LogP contribution < -0.4 is 10.6 Å². The zero-order valence-electron chi connectivity index (χ0n) is 12.3. The summed E-state index contributed by atoms with van der Waals surface area (Å²) in [6.07, 6.45) is -4.01. The second-order valence-electron chi connectivity index (χ2n) is 5.09. The Hall–Kier alpha value is -1.38. The molecule has 1 heterocycles. The number of carbonyl (C=O) groups is 1. The van der Waals surface area contributed by atoms with Gasteiger partial charge in [-0.1, -0.05) is 0 Å². The van der Waals surface area contributed by atoms with Crippen molar-refractivity contribution < 1.29 is 27.1 Å². The Morgan fingerprint density at radius 3 is 2.43 bits per heavy atom. The van der Waals surface area contributed by atoms with Gasteiger partial charge < -0.3 is 15.4 Å². The number of benzene rings is 1. The summed E-state index contributed by atoms with van der Waals surface area (Å²) in [5.41, 5.74) is -2.62. The average Bonchev–Trinajstić information content (AvgIpc) is 2.48. The van der Waals surface area contributed by atoms with Crippen LogP contribution in [0.4, 0.5) is 23.2 Å². The zero-order valence-corrected chi connectivity index (χ0v) is 13.1. The van der Waals surface area contributed by atoms with Crippen LogP contribution >= 0.6 is 12.4 Å². The third kappa shape index (κ3) is 4.33. The Bertz CT molecular complexity index is 560. The molecule has 1 aliphatic rings. The predicted octanol–water partition coefficient (Wildman–Crippen LogP) is 2.97. The highest BCUT2D eigenvalue weighted by molar-refractivity contribution is 5.97. The fraction of sp³-hybridized carbons (Fsp3) is 0.500. The predicted molar refractivity (Wildman–Crippen MR) is 79.1 cm³/mol. The van der Waals surface area contributed by atoms with Crippen LogP contribution in [-0.2, 0) is 15.7 Å². The highest BCUT2D eigenvalue weighted by Crippen LogP contribution is 2.33. The average molecular weight is 357 g/mol. The monoisotopic (exact) mass is 356 g/mol. The number of hydrogen-bond acceptors (Lipinski definition) is 3. The summed E-state index contributed by atoms with van der Waals surface area (Å²) >= 11 is 0. The minimum Gasteiger partial charge on any atom is -0.368 e. The molecular formula is C14H17ClF4N2O2. The topological polar surface area (TPSA) is 50.4 Å². The fourth-order valence-corrected chi connectivity index (χ4v) is 2.42. The zero-order chi connectivity index (χ0) is 16.4. The molecule has 23 heavy (non-hydrogen) atoms. The number of alkyl halides is 3. The number of piperidine rings is 1. The van der Waals surface area contributed by atoms with Crippen LogP contribution in [0.5, 0.6) is 0 Å². The summed E-state index contributed by atoms with van der Waals surface area (Å²) < 4.78 is 56.5. The molecule has 0 aromatic heterocycles. The highest BCUT2D eigenvalue weighted by Gasteiger charge is 2.40. The number of hydrogen-bond donors (Lipinski definition) is 2. The first kappa shape index (κ1) is 19.7. The van der Waals surface area contributed by atoms with E-state index >= 15 is 0 Å². The minimum absolute atomic E-state index is 0. The van der Waals surface area contributed by atoms with Gasteiger partial charge in [0.1, 0.15) is 11.4 Å². The van der Waals surface area contributed by atoms with Gasteiger partial charge in [0.25, 0.3) is 5.91 Å². The van der Waals surface area contributed by atoms with Gasteiger partial charge in [0.2, 0.25) is 0 Å². The summed E-state index contributed by atoms with van der Waals surface area (Å²) in [5, 5.41) is 5.46. The third-order valence-electron chi connectivity index (χ3n) is 3.75. The van der Waals surface area contributed by atoms with Gasteiger partial charge in [-0.15, -0.1) is 12.4 Å². The van der Waals surface area contributed by atoms with E-state index in [2.05, 4.69) is 10.6 Å². The maximum atomic E-state index is 13.2. The number of nitrogens with one attached hydrogen (secondary N) is 2. The van der Waals surface area contributed by atoms with Crippen molar-refractivity contribution in [1.29, 1.82) is 0 Å². The van der Waals surface area contributed by atoms with Gasteiger partial charge in [-0.05, 0) is 44.1 Å². The van der Waals surface area contributed by atoms with Crippen LogP contribution in [0.15, 0.2) is 18.2 Å². The Balaban J connectivity index is 0.00000264. The molecular weight excluding hydrogens is 340 g/mol. The molecule has 0 aliphatic carbocycles. The molecule has 130 valence electrons. The lowest BCUT2D eigenvalue weighted by Gasteiger charge is -2.34. The van der Waals surface area contributed by atoms with Crippen LogP contribution in [0.2, 0.25) is 0 Å². The summed E-state index contributed by atoms with van der Waals surface area (Å²) in [5.74, 6) is -1.91. The molecule has 1 saturated heterocycles. The fourth-order valence-electron chi connectivity index (χ4n) is 2.42. The Kier molecular flexibility index (Phi) is 6.38. The third-order valence-corrected chi connectivity index (χ3v) is 3.75. The molecule has 1 aromatic rings. The molecule has 0 atom stereocenters. The first-order chi connectivity index (χ1) is 10.3. The van der Waals surface area contributed by atoms with Gasteiger partial charge in [0.05, 0.1) is 5.56 Å². The number of ether oxygens (including phenoxy) is 1. The van der Waals surface area contributed by atoms with Gasteiger partial charge in [0, 0.05) is 12.8 Å². The normalized spacial score (nSPS) is 17.3. The molecule has 0 unspecified atom stereocenters. The van der Waals surface area contributed by atoms with E-state index < -0.39 is 29.1 Å². The lowest BCUT2D eigenvalue weighted by Crippen LogP contribution is -2.51. The van der Waals surface area contributed by atoms with E-state index in [-0.39, 0.29) is 18.1 Å². The summed E-state index contributed by atoms with van der Waals surface area (Å²) in [6.45, 7) is 1.14. The molecule has 1 fully saturated rings.